The number of aromatic nitrogens is 4. The van der Waals surface area contributed by atoms with Gasteiger partial charge in [0, 0.05) is 19.3 Å². The first kappa shape index (κ1) is 14.2. The van der Waals surface area contributed by atoms with E-state index in [2.05, 4.69) is 56.8 Å². The van der Waals surface area contributed by atoms with Crippen LogP contribution in [0.2, 0.25) is 0 Å². The van der Waals surface area contributed by atoms with Gasteiger partial charge >= 0.3 is 0 Å². The van der Waals surface area contributed by atoms with E-state index in [0.717, 1.165) is 46.1 Å². The zero-order valence-corrected chi connectivity index (χ0v) is 13.6. The lowest BCUT2D eigenvalue weighted by atomic mass is 10.3. The van der Waals surface area contributed by atoms with Crippen LogP contribution in [0.3, 0.4) is 0 Å². The van der Waals surface area contributed by atoms with Gasteiger partial charge in [0.15, 0.2) is 5.82 Å². The van der Waals surface area contributed by atoms with Gasteiger partial charge in [0.05, 0.1) is 9.26 Å². The molecule has 0 spiro atoms. The minimum Gasteiger partial charge on any atom is -0.369 e. The first-order valence-corrected chi connectivity index (χ1v) is 7.55. The fourth-order valence-electron chi connectivity index (χ4n) is 1.87. The Morgan fingerprint density at radius 2 is 2.11 bits per heavy atom. The zero-order valence-electron chi connectivity index (χ0n) is 11.4. The maximum Gasteiger partial charge on any atom is 0.180 e. The van der Waals surface area contributed by atoms with E-state index in [1.54, 1.807) is 6.20 Å². The normalized spacial score (nSPS) is 10.7. The molecular formula is C13H18IN5. The van der Waals surface area contributed by atoms with E-state index < -0.39 is 0 Å². The quantitative estimate of drug-likeness (QED) is 0.821. The highest BCUT2D eigenvalue weighted by atomic mass is 127. The molecule has 2 heterocycles. The minimum atomic E-state index is 0.736. The summed E-state index contributed by atoms with van der Waals surface area (Å²) in [5.41, 5.74) is 1.96. The number of anilines is 1. The monoisotopic (exact) mass is 371 g/mol. The van der Waals surface area contributed by atoms with Crippen molar-refractivity contribution in [2.75, 3.05) is 11.9 Å². The van der Waals surface area contributed by atoms with Crippen molar-refractivity contribution >= 4 is 28.4 Å². The molecule has 6 heteroatoms. The number of rotatable bonds is 5. The Bertz CT molecular complexity index is 564. The molecule has 0 aliphatic rings. The first-order valence-electron chi connectivity index (χ1n) is 6.47. The molecule has 2 rings (SSSR count). The second-order valence-corrected chi connectivity index (χ2v) is 5.34. The van der Waals surface area contributed by atoms with Crippen LogP contribution in [-0.2, 0) is 6.54 Å². The molecule has 1 N–H and O–H groups in total. The third-order valence-electron chi connectivity index (χ3n) is 2.74. The lowest BCUT2D eigenvalue weighted by molar-refractivity contribution is 0.606. The highest BCUT2D eigenvalue weighted by Crippen LogP contribution is 2.23. The first-order chi connectivity index (χ1) is 9.17. The molecule has 0 fully saturated rings. The second kappa shape index (κ2) is 6.31. The summed E-state index contributed by atoms with van der Waals surface area (Å²) in [4.78, 5) is 9.20. The van der Waals surface area contributed by atoms with Crippen molar-refractivity contribution in [2.45, 2.75) is 33.7 Å². The van der Waals surface area contributed by atoms with Crippen LogP contribution in [0.4, 0.5) is 5.82 Å². The third kappa shape index (κ3) is 3.05. The largest absolute Gasteiger partial charge is 0.369 e. The number of halogens is 1. The number of hydrogen-bond acceptors (Lipinski definition) is 4. The van der Waals surface area contributed by atoms with Crippen LogP contribution in [0.5, 0.6) is 0 Å². The summed E-state index contributed by atoms with van der Waals surface area (Å²) in [5.74, 6) is 1.63. The number of nitrogens with one attached hydrogen (secondary N) is 1. The SMILES string of the molecule is CCCn1nccc1-c1nc(C)c(I)c(NCC)n1. The highest BCUT2D eigenvalue weighted by molar-refractivity contribution is 14.1. The van der Waals surface area contributed by atoms with Crippen LogP contribution >= 0.6 is 22.6 Å². The van der Waals surface area contributed by atoms with Crippen molar-refractivity contribution in [3.8, 4) is 11.5 Å². The van der Waals surface area contributed by atoms with Gasteiger partial charge in [-0.15, -0.1) is 0 Å². The van der Waals surface area contributed by atoms with Gasteiger partial charge in [0.25, 0.3) is 0 Å². The second-order valence-electron chi connectivity index (χ2n) is 4.27. The number of hydrogen-bond donors (Lipinski definition) is 1. The summed E-state index contributed by atoms with van der Waals surface area (Å²) in [7, 11) is 0. The van der Waals surface area contributed by atoms with E-state index in [1.165, 1.54) is 0 Å². The molecule has 0 aliphatic heterocycles. The van der Waals surface area contributed by atoms with Crippen molar-refractivity contribution in [1.82, 2.24) is 19.7 Å². The summed E-state index contributed by atoms with van der Waals surface area (Å²) < 4.78 is 3.03. The lowest BCUT2D eigenvalue weighted by Crippen LogP contribution is -2.08. The van der Waals surface area contributed by atoms with E-state index in [0.29, 0.717) is 0 Å². The molecular weight excluding hydrogens is 353 g/mol. The number of nitrogens with zero attached hydrogens (tertiary/aromatic N) is 4. The highest BCUT2D eigenvalue weighted by Gasteiger charge is 2.13. The average molecular weight is 371 g/mol. The Morgan fingerprint density at radius 3 is 2.79 bits per heavy atom. The van der Waals surface area contributed by atoms with Crippen LogP contribution in [0.25, 0.3) is 11.5 Å². The van der Waals surface area contributed by atoms with E-state index in [4.69, 9.17) is 0 Å². The molecule has 2 aromatic rings. The van der Waals surface area contributed by atoms with Crippen LogP contribution < -0.4 is 5.32 Å². The van der Waals surface area contributed by atoms with Crippen LogP contribution in [0.15, 0.2) is 12.3 Å². The molecule has 2 aromatic heterocycles. The van der Waals surface area contributed by atoms with Crippen molar-refractivity contribution in [3.63, 3.8) is 0 Å². The summed E-state index contributed by atoms with van der Waals surface area (Å²) >= 11 is 2.28. The van der Waals surface area contributed by atoms with E-state index >= 15 is 0 Å². The Morgan fingerprint density at radius 1 is 1.32 bits per heavy atom. The van der Waals surface area contributed by atoms with Gasteiger partial charge in [-0.3, -0.25) is 4.68 Å². The van der Waals surface area contributed by atoms with Gasteiger partial charge in [0.2, 0.25) is 0 Å². The predicted molar refractivity (Wildman–Crippen MR) is 85.2 cm³/mol. The molecule has 0 aliphatic carbocycles. The molecule has 102 valence electrons. The van der Waals surface area contributed by atoms with E-state index in [1.807, 2.05) is 17.7 Å². The fourth-order valence-corrected chi connectivity index (χ4v) is 2.30. The summed E-state index contributed by atoms with van der Waals surface area (Å²) in [6.07, 6.45) is 2.84. The molecule has 0 bridgehead atoms. The van der Waals surface area contributed by atoms with Crippen molar-refractivity contribution in [3.05, 3.63) is 21.5 Å². The molecule has 0 saturated carbocycles. The van der Waals surface area contributed by atoms with Gasteiger partial charge in [0.1, 0.15) is 11.5 Å². The fraction of sp³-hybridized carbons (Fsp3) is 0.462. The summed E-state index contributed by atoms with van der Waals surface area (Å²) in [5, 5.41) is 7.61. The van der Waals surface area contributed by atoms with Crippen molar-refractivity contribution in [2.24, 2.45) is 0 Å². The molecule has 19 heavy (non-hydrogen) atoms. The number of aryl methyl sites for hydroxylation is 2. The van der Waals surface area contributed by atoms with Crippen LogP contribution in [0.1, 0.15) is 26.0 Å². The average Bonchev–Trinajstić information content (AvgIpc) is 2.84. The maximum absolute atomic E-state index is 4.62. The Hall–Kier alpha value is -1.18. The van der Waals surface area contributed by atoms with Gasteiger partial charge < -0.3 is 5.32 Å². The molecule has 0 radical (unpaired) electrons. The summed E-state index contributed by atoms with van der Waals surface area (Å²) in [6, 6.07) is 1.97. The van der Waals surface area contributed by atoms with Crippen molar-refractivity contribution in [1.29, 1.82) is 0 Å². The summed E-state index contributed by atoms with van der Waals surface area (Å²) in [6.45, 7) is 7.94. The molecule has 0 saturated heterocycles. The van der Waals surface area contributed by atoms with Gasteiger partial charge in [-0.2, -0.15) is 5.10 Å². The smallest absolute Gasteiger partial charge is 0.180 e. The molecule has 0 amide bonds. The lowest BCUT2D eigenvalue weighted by Gasteiger charge is -2.11. The van der Waals surface area contributed by atoms with E-state index in [9.17, 15) is 0 Å². The third-order valence-corrected chi connectivity index (χ3v) is 4.03. The molecule has 5 nitrogen and oxygen atoms in total. The van der Waals surface area contributed by atoms with Crippen LogP contribution in [0, 0.1) is 10.5 Å². The standard InChI is InChI=1S/C13H18IN5/c1-4-8-19-10(6-7-16-19)12-17-9(3)11(14)13(18-12)15-5-2/h6-7H,4-5,8H2,1-3H3,(H,15,17,18). The Balaban J connectivity index is 2.47. The molecule has 0 atom stereocenters. The van der Waals surface area contributed by atoms with E-state index in [-0.39, 0.29) is 0 Å². The maximum atomic E-state index is 4.62. The zero-order chi connectivity index (χ0) is 13.8. The Kier molecular flexibility index (Phi) is 4.73. The van der Waals surface area contributed by atoms with Gasteiger partial charge in [-0.1, -0.05) is 6.92 Å². The topological polar surface area (TPSA) is 55.6 Å². The Labute approximate surface area is 127 Å². The molecule has 0 unspecified atom stereocenters. The van der Waals surface area contributed by atoms with Gasteiger partial charge in [-0.25, -0.2) is 9.97 Å². The minimum absolute atomic E-state index is 0.736. The van der Waals surface area contributed by atoms with Gasteiger partial charge in [-0.05, 0) is 48.9 Å². The molecule has 0 aromatic carbocycles. The van der Waals surface area contributed by atoms with Crippen LogP contribution in [-0.4, -0.2) is 26.3 Å². The van der Waals surface area contributed by atoms with Crippen molar-refractivity contribution < 1.29 is 0 Å². The predicted octanol–water partition coefficient (Wildman–Crippen LogP) is 3.09.